The second kappa shape index (κ2) is 6.67. The minimum absolute atomic E-state index is 0.105. The molecule has 23 heavy (non-hydrogen) atoms. The molecule has 1 heterocycles. The molecule has 1 aromatic carbocycles. The van der Waals surface area contributed by atoms with Gasteiger partial charge in [-0.05, 0) is 12.1 Å². The van der Waals surface area contributed by atoms with Gasteiger partial charge in [-0.1, -0.05) is 12.1 Å². The van der Waals surface area contributed by atoms with Gasteiger partial charge in [-0.25, -0.2) is 0 Å². The summed E-state index contributed by atoms with van der Waals surface area (Å²) >= 11 is 0. The molecule has 0 atom stereocenters. The summed E-state index contributed by atoms with van der Waals surface area (Å²) in [5.74, 6) is -1.88. The standard InChI is InChI=1S/C14H13F3N2O4/c15-14(16,17)23-10-4-2-1-3-9(10)18-11(20)7-8-19-12(21)5-6-13(19)22/h1-4H,5-8H2,(H,18,20). The van der Waals surface area contributed by atoms with Crippen LogP contribution in [0.5, 0.6) is 5.75 Å². The lowest BCUT2D eigenvalue weighted by molar-refractivity contribution is -0.274. The van der Waals surface area contributed by atoms with Crippen LogP contribution in [0.1, 0.15) is 19.3 Å². The first-order valence-corrected chi connectivity index (χ1v) is 6.74. The van der Waals surface area contributed by atoms with E-state index in [1.165, 1.54) is 18.2 Å². The Labute approximate surface area is 129 Å². The Bertz CT molecular complexity index is 615. The third kappa shape index (κ3) is 4.70. The average molecular weight is 330 g/mol. The zero-order chi connectivity index (χ0) is 17.0. The van der Waals surface area contributed by atoms with Crippen LogP contribution in [-0.4, -0.2) is 35.5 Å². The Morgan fingerprint density at radius 1 is 1.17 bits per heavy atom. The van der Waals surface area contributed by atoms with E-state index in [0.29, 0.717) is 0 Å². The molecule has 9 heteroatoms. The molecule has 1 saturated heterocycles. The summed E-state index contributed by atoms with van der Waals surface area (Å²) in [5.41, 5.74) is -0.145. The van der Waals surface area contributed by atoms with Crippen molar-refractivity contribution < 1.29 is 32.3 Å². The van der Waals surface area contributed by atoms with E-state index in [-0.39, 0.29) is 43.3 Å². The Hall–Kier alpha value is -2.58. The number of para-hydroxylation sites is 2. The van der Waals surface area contributed by atoms with Gasteiger partial charge < -0.3 is 10.1 Å². The number of carbonyl (C=O) groups excluding carboxylic acids is 3. The molecule has 2 rings (SSSR count). The topological polar surface area (TPSA) is 75.7 Å². The first-order valence-electron chi connectivity index (χ1n) is 6.74. The number of alkyl halides is 3. The molecular weight excluding hydrogens is 317 g/mol. The number of likely N-dealkylation sites (tertiary alicyclic amines) is 1. The fraction of sp³-hybridized carbons (Fsp3) is 0.357. The van der Waals surface area contributed by atoms with Gasteiger partial charge >= 0.3 is 6.36 Å². The molecule has 0 aliphatic carbocycles. The molecule has 1 aromatic rings. The minimum atomic E-state index is -4.88. The molecule has 0 radical (unpaired) electrons. The van der Waals surface area contributed by atoms with Crippen LogP contribution >= 0.6 is 0 Å². The zero-order valence-corrected chi connectivity index (χ0v) is 11.9. The van der Waals surface area contributed by atoms with Gasteiger partial charge in [0.15, 0.2) is 5.75 Å². The Balaban J connectivity index is 1.95. The number of ether oxygens (including phenoxy) is 1. The molecule has 1 aliphatic rings. The van der Waals surface area contributed by atoms with Gasteiger partial charge in [0.05, 0.1) is 5.69 Å². The van der Waals surface area contributed by atoms with Crippen LogP contribution in [0, 0.1) is 0 Å². The van der Waals surface area contributed by atoms with Gasteiger partial charge in [0.25, 0.3) is 0 Å². The summed E-state index contributed by atoms with van der Waals surface area (Å²) in [5, 5.41) is 2.27. The van der Waals surface area contributed by atoms with Crippen molar-refractivity contribution in [3.05, 3.63) is 24.3 Å². The number of amides is 3. The van der Waals surface area contributed by atoms with Gasteiger partial charge in [0, 0.05) is 25.8 Å². The zero-order valence-electron chi connectivity index (χ0n) is 11.9. The van der Waals surface area contributed by atoms with Crippen molar-refractivity contribution in [2.45, 2.75) is 25.6 Å². The molecule has 0 saturated carbocycles. The van der Waals surface area contributed by atoms with Crippen LogP contribution in [-0.2, 0) is 14.4 Å². The van der Waals surface area contributed by atoms with Crippen LogP contribution in [0.25, 0.3) is 0 Å². The first kappa shape index (κ1) is 16.8. The fourth-order valence-electron chi connectivity index (χ4n) is 2.08. The smallest absolute Gasteiger partial charge is 0.404 e. The molecule has 1 fully saturated rings. The van der Waals surface area contributed by atoms with E-state index in [4.69, 9.17) is 0 Å². The Morgan fingerprint density at radius 2 is 1.78 bits per heavy atom. The van der Waals surface area contributed by atoms with Crippen molar-refractivity contribution in [1.29, 1.82) is 0 Å². The number of benzene rings is 1. The number of hydrogen-bond donors (Lipinski definition) is 1. The predicted molar refractivity (Wildman–Crippen MR) is 72.3 cm³/mol. The maximum atomic E-state index is 12.3. The van der Waals surface area contributed by atoms with Crippen molar-refractivity contribution in [3.8, 4) is 5.75 Å². The molecule has 0 spiro atoms. The Kier molecular flexibility index (Phi) is 4.87. The molecule has 1 N–H and O–H groups in total. The monoisotopic (exact) mass is 330 g/mol. The molecule has 1 aliphatic heterocycles. The van der Waals surface area contributed by atoms with Gasteiger partial charge in [-0.3, -0.25) is 19.3 Å². The summed E-state index contributed by atoms with van der Waals surface area (Å²) in [4.78, 5) is 35.6. The maximum Gasteiger partial charge on any atom is 0.573 e. The van der Waals surface area contributed by atoms with E-state index in [0.717, 1.165) is 11.0 Å². The third-order valence-corrected chi connectivity index (χ3v) is 3.10. The number of nitrogens with one attached hydrogen (secondary N) is 1. The molecule has 0 unspecified atom stereocenters. The van der Waals surface area contributed by atoms with Gasteiger partial charge in [0.2, 0.25) is 17.7 Å². The van der Waals surface area contributed by atoms with E-state index in [1.807, 2.05) is 0 Å². The van der Waals surface area contributed by atoms with Crippen molar-refractivity contribution in [2.75, 3.05) is 11.9 Å². The highest BCUT2D eigenvalue weighted by Crippen LogP contribution is 2.30. The number of carbonyl (C=O) groups is 3. The number of imide groups is 1. The lowest BCUT2D eigenvalue weighted by Crippen LogP contribution is -2.32. The minimum Gasteiger partial charge on any atom is -0.404 e. The Morgan fingerprint density at radius 3 is 2.39 bits per heavy atom. The van der Waals surface area contributed by atoms with Gasteiger partial charge in [0.1, 0.15) is 0 Å². The number of rotatable bonds is 5. The first-order chi connectivity index (χ1) is 10.8. The number of anilines is 1. The van der Waals surface area contributed by atoms with E-state index >= 15 is 0 Å². The predicted octanol–water partition coefficient (Wildman–Crippen LogP) is 2.06. The summed E-state index contributed by atoms with van der Waals surface area (Å²) < 4.78 is 40.7. The van der Waals surface area contributed by atoms with E-state index in [2.05, 4.69) is 10.1 Å². The summed E-state index contributed by atoms with van der Waals surface area (Å²) in [6.07, 6.45) is -4.86. The number of halogens is 3. The van der Waals surface area contributed by atoms with E-state index < -0.39 is 18.0 Å². The van der Waals surface area contributed by atoms with E-state index in [1.54, 1.807) is 0 Å². The molecule has 0 aromatic heterocycles. The highest BCUT2D eigenvalue weighted by molar-refractivity contribution is 6.02. The summed E-state index contributed by atoms with van der Waals surface area (Å²) in [6, 6.07) is 5.09. The lowest BCUT2D eigenvalue weighted by Gasteiger charge is -2.15. The highest BCUT2D eigenvalue weighted by Gasteiger charge is 2.32. The van der Waals surface area contributed by atoms with Gasteiger partial charge in [-0.15, -0.1) is 13.2 Å². The number of hydrogen-bond acceptors (Lipinski definition) is 4. The number of nitrogens with zero attached hydrogens (tertiary/aromatic N) is 1. The molecule has 3 amide bonds. The third-order valence-electron chi connectivity index (χ3n) is 3.10. The second-order valence-corrected chi connectivity index (χ2v) is 4.78. The molecule has 0 bridgehead atoms. The average Bonchev–Trinajstić information content (AvgIpc) is 2.76. The SMILES string of the molecule is O=C(CCN1C(=O)CCC1=O)Nc1ccccc1OC(F)(F)F. The van der Waals surface area contributed by atoms with E-state index in [9.17, 15) is 27.6 Å². The van der Waals surface area contributed by atoms with Crippen molar-refractivity contribution in [3.63, 3.8) is 0 Å². The fourth-order valence-corrected chi connectivity index (χ4v) is 2.08. The van der Waals surface area contributed by atoms with Crippen molar-refractivity contribution >= 4 is 23.4 Å². The van der Waals surface area contributed by atoms with Crippen LogP contribution in [0.4, 0.5) is 18.9 Å². The van der Waals surface area contributed by atoms with Crippen LogP contribution < -0.4 is 10.1 Å². The summed E-state index contributed by atoms with van der Waals surface area (Å²) in [7, 11) is 0. The van der Waals surface area contributed by atoms with Crippen molar-refractivity contribution in [1.82, 2.24) is 4.90 Å². The maximum absolute atomic E-state index is 12.3. The quantitative estimate of drug-likeness (QED) is 0.839. The molecular formula is C14H13F3N2O4. The molecule has 6 nitrogen and oxygen atoms in total. The van der Waals surface area contributed by atoms with Crippen LogP contribution in [0.2, 0.25) is 0 Å². The molecule has 124 valence electrons. The normalized spacial score (nSPS) is 15.0. The second-order valence-electron chi connectivity index (χ2n) is 4.78. The van der Waals surface area contributed by atoms with Gasteiger partial charge in [-0.2, -0.15) is 0 Å². The highest BCUT2D eigenvalue weighted by atomic mass is 19.4. The van der Waals surface area contributed by atoms with Crippen LogP contribution in [0.3, 0.4) is 0 Å². The lowest BCUT2D eigenvalue weighted by atomic mass is 10.2. The van der Waals surface area contributed by atoms with Crippen molar-refractivity contribution in [2.24, 2.45) is 0 Å². The van der Waals surface area contributed by atoms with Crippen LogP contribution in [0.15, 0.2) is 24.3 Å². The summed E-state index contributed by atoms with van der Waals surface area (Å²) in [6.45, 7) is -0.105. The largest absolute Gasteiger partial charge is 0.573 e.